The minimum absolute atomic E-state index is 0.291. The number of hydrogen-bond donors (Lipinski definition) is 0. The van der Waals surface area contributed by atoms with E-state index in [0.717, 1.165) is 28.1 Å². The van der Waals surface area contributed by atoms with Gasteiger partial charge < -0.3 is 9.30 Å². The van der Waals surface area contributed by atoms with Gasteiger partial charge in [-0.15, -0.1) is 0 Å². The van der Waals surface area contributed by atoms with Crippen LogP contribution in [0.25, 0.3) is 11.3 Å². The molecule has 1 aliphatic rings. The van der Waals surface area contributed by atoms with E-state index < -0.39 is 0 Å². The molecule has 0 unspecified atom stereocenters. The number of benzene rings is 2. The number of ether oxygens (including phenoxy) is 1. The summed E-state index contributed by atoms with van der Waals surface area (Å²) in [4.78, 5) is 17.1. The van der Waals surface area contributed by atoms with Crippen molar-refractivity contribution in [1.82, 2.24) is 9.55 Å². The molecule has 2 heterocycles. The highest BCUT2D eigenvalue weighted by atomic mass is 35.5. The average Bonchev–Trinajstić information content (AvgIpc) is 3.06. The number of nitrogens with zero attached hydrogens (tertiary/aromatic N) is 2. The molecule has 0 aliphatic carbocycles. The molecular weight excluding hydrogens is 383 g/mol. The zero-order chi connectivity index (χ0) is 19.0. The molecule has 0 fully saturated rings. The van der Waals surface area contributed by atoms with E-state index in [4.69, 9.17) is 27.9 Å². The molecule has 0 saturated heterocycles. The second kappa shape index (κ2) is 7.22. The van der Waals surface area contributed by atoms with E-state index in [2.05, 4.69) is 4.98 Å². The standard InChI is InChI=1S/C21H16Cl2N2O2/c1-2-27-21(26)17-10-14-11-24-12-25(14)19-8-7-13(22)9-16(19)20(17)15-5-3-4-6-18(15)23/h3-9,11-12H,2,10H2,1H3. The minimum Gasteiger partial charge on any atom is -0.463 e. The molecule has 136 valence electrons. The van der Waals surface area contributed by atoms with Gasteiger partial charge in [-0.25, -0.2) is 9.78 Å². The second-order valence-corrected chi connectivity index (χ2v) is 6.99. The van der Waals surface area contributed by atoms with Crippen molar-refractivity contribution in [3.63, 3.8) is 0 Å². The van der Waals surface area contributed by atoms with Crippen LogP contribution in [0.15, 0.2) is 60.6 Å². The highest BCUT2D eigenvalue weighted by Crippen LogP contribution is 2.40. The lowest BCUT2D eigenvalue weighted by Gasteiger charge is -2.16. The Morgan fingerprint density at radius 1 is 1.19 bits per heavy atom. The first-order valence-corrected chi connectivity index (χ1v) is 9.32. The molecule has 4 rings (SSSR count). The van der Waals surface area contributed by atoms with Crippen molar-refractivity contribution in [2.75, 3.05) is 6.61 Å². The third-order valence-electron chi connectivity index (χ3n) is 4.53. The van der Waals surface area contributed by atoms with Crippen molar-refractivity contribution >= 4 is 34.7 Å². The number of halogens is 2. The predicted octanol–water partition coefficient (Wildman–Crippen LogP) is 5.10. The van der Waals surface area contributed by atoms with E-state index in [1.807, 2.05) is 47.0 Å². The van der Waals surface area contributed by atoms with E-state index >= 15 is 0 Å². The molecule has 0 atom stereocenters. The average molecular weight is 399 g/mol. The van der Waals surface area contributed by atoms with Crippen LogP contribution in [-0.4, -0.2) is 22.1 Å². The fourth-order valence-corrected chi connectivity index (χ4v) is 3.79. The van der Waals surface area contributed by atoms with Crippen LogP contribution in [0.5, 0.6) is 0 Å². The molecule has 27 heavy (non-hydrogen) atoms. The van der Waals surface area contributed by atoms with Gasteiger partial charge in [0.2, 0.25) is 0 Å². The van der Waals surface area contributed by atoms with Gasteiger partial charge in [-0.05, 0) is 31.2 Å². The summed E-state index contributed by atoms with van der Waals surface area (Å²) in [7, 11) is 0. The van der Waals surface area contributed by atoms with Gasteiger partial charge in [0.05, 0.1) is 24.2 Å². The Balaban J connectivity index is 2.10. The van der Waals surface area contributed by atoms with Gasteiger partial charge in [-0.2, -0.15) is 0 Å². The van der Waals surface area contributed by atoms with Crippen LogP contribution in [-0.2, 0) is 16.0 Å². The third-order valence-corrected chi connectivity index (χ3v) is 5.09. The number of esters is 1. The lowest BCUT2D eigenvalue weighted by Crippen LogP contribution is -2.12. The van der Waals surface area contributed by atoms with E-state index in [1.165, 1.54) is 0 Å². The van der Waals surface area contributed by atoms with E-state index in [1.54, 1.807) is 19.4 Å². The largest absolute Gasteiger partial charge is 0.463 e. The van der Waals surface area contributed by atoms with Gasteiger partial charge in [0, 0.05) is 45.1 Å². The summed E-state index contributed by atoms with van der Waals surface area (Å²) in [6, 6.07) is 13.1. The molecule has 6 heteroatoms. The van der Waals surface area contributed by atoms with Gasteiger partial charge >= 0.3 is 5.97 Å². The molecule has 0 N–H and O–H groups in total. The van der Waals surface area contributed by atoms with E-state index in [0.29, 0.717) is 28.6 Å². The zero-order valence-corrected chi connectivity index (χ0v) is 16.1. The normalized spacial score (nSPS) is 13.0. The summed E-state index contributed by atoms with van der Waals surface area (Å²) >= 11 is 12.8. The zero-order valence-electron chi connectivity index (χ0n) is 14.6. The summed E-state index contributed by atoms with van der Waals surface area (Å²) < 4.78 is 7.33. The first kappa shape index (κ1) is 17.8. The molecule has 4 nitrogen and oxygen atoms in total. The van der Waals surface area contributed by atoms with Crippen molar-refractivity contribution in [2.45, 2.75) is 13.3 Å². The van der Waals surface area contributed by atoms with Gasteiger partial charge in [0.25, 0.3) is 0 Å². The SMILES string of the molecule is CCOC(=O)C1=C(c2ccccc2Cl)c2cc(Cl)ccc2-n2cncc2C1. The maximum absolute atomic E-state index is 12.9. The first-order chi connectivity index (χ1) is 13.1. The third kappa shape index (κ3) is 3.15. The maximum atomic E-state index is 12.9. The molecular formula is C21H16Cl2N2O2. The summed E-state index contributed by atoms with van der Waals surface area (Å²) in [5, 5.41) is 1.13. The Kier molecular flexibility index (Phi) is 4.77. The number of aromatic nitrogens is 2. The molecule has 0 amide bonds. The molecule has 1 aliphatic heterocycles. The van der Waals surface area contributed by atoms with Crippen molar-refractivity contribution in [3.05, 3.63) is 87.4 Å². The number of fused-ring (bicyclic) bond motifs is 3. The Bertz CT molecular complexity index is 1070. The highest BCUT2D eigenvalue weighted by Gasteiger charge is 2.28. The van der Waals surface area contributed by atoms with Crippen molar-refractivity contribution in [2.24, 2.45) is 0 Å². The second-order valence-electron chi connectivity index (χ2n) is 6.15. The molecule has 2 aromatic carbocycles. The van der Waals surface area contributed by atoms with Gasteiger partial charge in [-0.1, -0.05) is 41.4 Å². The summed E-state index contributed by atoms with van der Waals surface area (Å²) in [5.41, 5.74) is 4.64. The number of hydrogen-bond acceptors (Lipinski definition) is 3. The minimum atomic E-state index is -0.368. The van der Waals surface area contributed by atoms with Crippen LogP contribution in [0.3, 0.4) is 0 Å². The van der Waals surface area contributed by atoms with Crippen LogP contribution in [0.2, 0.25) is 10.0 Å². The first-order valence-electron chi connectivity index (χ1n) is 8.56. The quantitative estimate of drug-likeness (QED) is 0.576. The fourth-order valence-electron chi connectivity index (χ4n) is 3.38. The number of imidazole rings is 1. The van der Waals surface area contributed by atoms with Crippen molar-refractivity contribution < 1.29 is 9.53 Å². The molecule has 0 saturated carbocycles. The monoisotopic (exact) mass is 398 g/mol. The number of carbonyl (C=O) groups excluding carboxylic acids is 1. The van der Waals surface area contributed by atoms with Crippen LogP contribution >= 0.6 is 23.2 Å². The summed E-state index contributed by atoms with van der Waals surface area (Å²) in [6.07, 6.45) is 3.87. The smallest absolute Gasteiger partial charge is 0.335 e. The predicted molar refractivity (Wildman–Crippen MR) is 106 cm³/mol. The van der Waals surface area contributed by atoms with Crippen LogP contribution in [0.4, 0.5) is 0 Å². The lowest BCUT2D eigenvalue weighted by atomic mass is 9.91. The van der Waals surface area contributed by atoms with Crippen molar-refractivity contribution in [1.29, 1.82) is 0 Å². The van der Waals surface area contributed by atoms with Crippen LogP contribution in [0, 0.1) is 0 Å². The van der Waals surface area contributed by atoms with E-state index in [-0.39, 0.29) is 5.97 Å². The molecule has 0 bridgehead atoms. The van der Waals surface area contributed by atoms with Gasteiger partial charge in [-0.3, -0.25) is 0 Å². The van der Waals surface area contributed by atoms with Crippen molar-refractivity contribution in [3.8, 4) is 5.69 Å². The molecule has 0 radical (unpaired) electrons. The Morgan fingerprint density at radius 3 is 2.78 bits per heavy atom. The number of rotatable bonds is 3. The summed E-state index contributed by atoms with van der Waals surface area (Å²) in [5.74, 6) is -0.368. The topological polar surface area (TPSA) is 44.1 Å². The van der Waals surface area contributed by atoms with Gasteiger partial charge in [0.1, 0.15) is 0 Å². The fraction of sp³-hybridized carbons (Fsp3) is 0.143. The van der Waals surface area contributed by atoms with Gasteiger partial charge in [0.15, 0.2) is 0 Å². The maximum Gasteiger partial charge on any atom is 0.335 e. The van der Waals surface area contributed by atoms with Crippen LogP contribution < -0.4 is 0 Å². The Morgan fingerprint density at radius 2 is 2.00 bits per heavy atom. The lowest BCUT2D eigenvalue weighted by molar-refractivity contribution is -0.138. The summed E-state index contributed by atoms with van der Waals surface area (Å²) in [6.45, 7) is 2.08. The molecule has 1 aromatic heterocycles. The number of carbonyl (C=O) groups is 1. The highest BCUT2D eigenvalue weighted by molar-refractivity contribution is 6.33. The Labute approximate surface area is 167 Å². The molecule has 0 spiro atoms. The molecule has 3 aromatic rings. The Hall–Kier alpha value is -2.56. The van der Waals surface area contributed by atoms with Crippen LogP contribution in [0.1, 0.15) is 23.7 Å². The van der Waals surface area contributed by atoms with E-state index in [9.17, 15) is 4.79 Å².